The highest BCUT2D eigenvalue weighted by Crippen LogP contribution is 2.64. The van der Waals surface area contributed by atoms with Gasteiger partial charge in [-0.15, -0.1) is 0 Å². The van der Waals surface area contributed by atoms with Gasteiger partial charge in [0.1, 0.15) is 5.52 Å². The molecule has 2 aliphatic heterocycles. The maximum absolute atomic E-state index is 11.0. The van der Waals surface area contributed by atoms with Crippen molar-refractivity contribution in [3.63, 3.8) is 0 Å². The van der Waals surface area contributed by atoms with E-state index in [1.807, 2.05) is 19.9 Å². The van der Waals surface area contributed by atoms with E-state index in [0.717, 1.165) is 17.3 Å². The number of hydrogen-bond acceptors (Lipinski definition) is 5. The minimum atomic E-state index is -0.578. The first kappa shape index (κ1) is 15.3. The predicted molar refractivity (Wildman–Crippen MR) is 94.1 cm³/mol. The SMILES string of the molecule is Cc1nc2c(-n3c(O)c4c(c3O)C3(C)CCC4(C)O3)ccc(Br)c2o1. The molecule has 5 rings (SSSR count). The van der Waals surface area contributed by atoms with Crippen LogP contribution in [0, 0.1) is 6.92 Å². The number of aryl methyl sites for hydroxylation is 1. The van der Waals surface area contributed by atoms with Gasteiger partial charge in [0.2, 0.25) is 11.8 Å². The summed E-state index contributed by atoms with van der Waals surface area (Å²) >= 11 is 3.46. The molecule has 2 bridgehead atoms. The molecule has 1 saturated heterocycles. The average molecular weight is 405 g/mol. The second-order valence-electron chi connectivity index (χ2n) is 7.27. The van der Waals surface area contributed by atoms with Crippen LogP contribution in [0.3, 0.4) is 0 Å². The molecule has 2 atom stereocenters. The fourth-order valence-corrected chi connectivity index (χ4v) is 4.86. The van der Waals surface area contributed by atoms with Crippen molar-refractivity contribution < 1.29 is 19.4 Å². The van der Waals surface area contributed by atoms with Gasteiger partial charge in [-0.2, -0.15) is 0 Å². The lowest BCUT2D eigenvalue weighted by molar-refractivity contribution is -0.0683. The maximum atomic E-state index is 11.0. The summed E-state index contributed by atoms with van der Waals surface area (Å²) in [6, 6.07) is 3.62. The van der Waals surface area contributed by atoms with Gasteiger partial charge in [-0.05, 0) is 54.8 Å². The zero-order chi connectivity index (χ0) is 17.7. The number of rotatable bonds is 1. The number of oxazole rings is 1. The Morgan fingerprint density at radius 2 is 1.72 bits per heavy atom. The number of hydrogen-bond donors (Lipinski definition) is 2. The molecule has 0 radical (unpaired) electrons. The quantitative estimate of drug-likeness (QED) is 0.629. The van der Waals surface area contributed by atoms with Crippen molar-refractivity contribution in [1.82, 2.24) is 9.55 Å². The average Bonchev–Trinajstić information content (AvgIpc) is 3.21. The molecule has 1 aromatic carbocycles. The summed E-state index contributed by atoms with van der Waals surface area (Å²) in [6.07, 6.45) is 1.62. The monoisotopic (exact) mass is 404 g/mol. The van der Waals surface area contributed by atoms with Gasteiger partial charge in [0.25, 0.3) is 0 Å². The molecule has 6 nitrogen and oxygen atoms in total. The molecule has 2 N–H and O–H groups in total. The number of aromatic nitrogens is 2. The number of aromatic hydroxyl groups is 2. The molecule has 25 heavy (non-hydrogen) atoms. The third kappa shape index (κ3) is 1.70. The summed E-state index contributed by atoms with van der Waals surface area (Å²) in [6.45, 7) is 5.69. The molecule has 0 spiro atoms. The minimum absolute atomic E-state index is 0.00250. The number of fused-ring (bicyclic) bond motifs is 6. The van der Waals surface area contributed by atoms with E-state index in [2.05, 4.69) is 20.9 Å². The Labute approximate surface area is 152 Å². The molecule has 7 heteroatoms. The van der Waals surface area contributed by atoms with Crippen molar-refractivity contribution in [2.45, 2.75) is 44.8 Å². The minimum Gasteiger partial charge on any atom is -0.494 e. The molecule has 0 aliphatic carbocycles. The molecule has 2 aromatic heterocycles. The third-order valence-corrected chi connectivity index (χ3v) is 6.15. The Kier molecular flexibility index (Phi) is 2.69. The van der Waals surface area contributed by atoms with Crippen LogP contribution in [0.2, 0.25) is 0 Å². The van der Waals surface area contributed by atoms with Crippen LogP contribution in [0.4, 0.5) is 0 Å². The lowest BCUT2D eigenvalue weighted by Gasteiger charge is -2.21. The van der Waals surface area contributed by atoms with Crippen molar-refractivity contribution in [3.05, 3.63) is 33.6 Å². The summed E-state index contributed by atoms with van der Waals surface area (Å²) in [5.41, 5.74) is 1.93. The molecule has 3 aromatic rings. The summed E-state index contributed by atoms with van der Waals surface area (Å²) < 4.78 is 14.0. The standard InChI is InChI=1S/C18H17BrN2O4/c1-8-20-13-10(5-4-9(19)14(13)24-8)21-15(22)11-12(16(21)23)18(3)7-6-17(11,2)25-18/h4-5,22-23H,6-7H2,1-3H3. The van der Waals surface area contributed by atoms with E-state index < -0.39 is 11.2 Å². The van der Waals surface area contributed by atoms with Crippen LogP contribution in [0.1, 0.15) is 43.7 Å². The molecule has 0 amide bonds. The van der Waals surface area contributed by atoms with Crippen LogP contribution in [0.5, 0.6) is 11.8 Å². The van der Waals surface area contributed by atoms with Gasteiger partial charge in [0, 0.05) is 6.92 Å². The Bertz CT molecular complexity index is 1030. The number of nitrogens with zero attached hydrogens (tertiary/aromatic N) is 2. The van der Waals surface area contributed by atoms with Crippen molar-refractivity contribution in [2.24, 2.45) is 0 Å². The van der Waals surface area contributed by atoms with E-state index in [4.69, 9.17) is 9.15 Å². The lowest BCUT2D eigenvalue weighted by Crippen LogP contribution is -2.17. The predicted octanol–water partition coefficient (Wildman–Crippen LogP) is 4.36. The van der Waals surface area contributed by atoms with Crippen LogP contribution in [0.15, 0.2) is 21.0 Å². The fraction of sp³-hybridized carbons (Fsp3) is 0.389. The van der Waals surface area contributed by atoms with Gasteiger partial charge in [-0.1, -0.05) is 0 Å². The van der Waals surface area contributed by atoms with Crippen molar-refractivity contribution in [3.8, 4) is 17.4 Å². The first-order chi connectivity index (χ1) is 11.8. The lowest BCUT2D eigenvalue weighted by atomic mass is 9.80. The van der Waals surface area contributed by atoms with Crippen LogP contribution in [-0.2, 0) is 15.9 Å². The van der Waals surface area contributed by atoms with E-state index in [1.54, 1.807) is 13.0 Å². The highest BCUT2D eigenvalue weighted by molar-refractivity contribution is 9.10. The second-order valence-corrected chi connectivity index (χ2v) is 8.13. The third-order valence-electron chi connectivity index (χ3n) is 5.53. The zero-order valence-corrected chi connectivity index (χ0v) is 15.6. The van der Waals surface area contributed by atoms with Crippen LogP contribution >= 0.6 is 15.9 Å². The number of halogens is 1. The van der Waals surface area contributed by atoms with Crippen LogP contribution in [0.25, 0.3) is 16.8 Å². The van der Waals surface area contributed by atoms with E-state index >= 15 is 0 Å². The Morgan fingerprint density at radius 3 is 2.32 bits per heavy atom. The van der Waals surface area contributed by atoms with E-state index in [9.17, 15) is 10.2 Å². The molecule has 1 fully saturated rings. The highest BCUT2D eigenvalue weighted by atomic mass is 79.9. The summed E-state index contributed by atoms with van der Waals surface area (Å²) in [5, 5.41) is 21.9. The largest absolute Gasteiger partial charge is 0.494 e. The van der Waals surface area contributed by atoms with Gasteiger partial charge in [-0.3, -0.25) is 0 Å². The molecular weight excluding hydrogens is 388 g/mol. The first-order valence-electron chi connectivity index (χ1n) is 8.19. The fourth-order valence-electron chi connectivity index (χ4n) is 4.46. The highest BCUT2D eigenvalue weighted by Gasteiger charge is 2.59. The first-order valence-corrected chi connectivity index (χ1v) is 8.98. The summed E-state index contributed by atoms with van der Waals surface area (Å²) in [4.78, 5) is 4.43. The van der Waals surface area contributed by atoms with Crippen LogP contribution < -0.4 is 0 Å². The molecule has 2 aliphatic rings. The molecular formula is C18H17BrN2O4. The molecule has 2 unspecified atom stereocenters. The number of benzene rings is 1. The van der Waals surface area contributed by atoms with E-state index in [-0.39, 0.29) is 11.8 Å². The second kappa shape index (κ2) is 4.40. The van der Waals surface area contributed by atoms with E-state index in [1.165, 1.54) is 4.57 Å². The topological polar surface area (TPSA) is 80.7 Å². The van der Waals surface area contributed by atoms with Gasteiger partial charge in [0.15, 0.2) is 11.5 Å². The summed E-state index contributed by atoms with van der Waals surface area (Å²) in [5.74, 6) is 0.523. The molecule has 0 saturated carbocycles. The van der Waals surface area contributed by atoms with Crippen molar-refractivity contribution >= 4 is 27.0 Å². The van der Waals surface area contributed by atoms with E-state index in [0.29, 0.717) is 33.8 Å². The van der Waals surface area contributed by atoms with Gasteiger partial charge < -0.3 is 19.4 Å². The smallest absolute Gasteiger partial charge is 0.205 e. The number of ether oxygens (including phenoxy) is 1. The van der Waals surface area contributed by atoms with Gasteiger partial charge >= 0.3 is 0 Å². The van der Waals surface area contributed by atoms with Crippen molar-refractivity contribution in [1.29, 1.82) is 0 Å². The van der Waals surface area contributed by atoms with Crippen molar-refractivity contribution in [2.75, 3.05) is 0 Å². The Morgan fingerprint density at radius 1 is 1.12 bits per heavy atom. The van der Waals surface area contributed by atoms with Crippen LogP contribution in [-0.4, -0.2) is 19.8 Å². The summed E-state index contributed by atoms with van der Waals surface area (Å²) in [7, 11) is 0. The van der Waals surface area contributed by atoms with Gasteiger partial charge in [0.05, 0.1) is 32.5 Å². The molecule has 130 valence electrons. The Hall–Kier alpha value is -1.99. The normalized spacial score (nSPS) is 27.4. The molecule has 4 heterocycles. The van der Waals surface area contributed by atoms with Gasteiger partial charge in [-0.25, -0.2) is 9.55 Å². The Balaban J connectivity index is 1.86. The maximum Gasteiger partial charge on any atom is 0.205 e. The zero-order valence-electron chi connectivity index (χ0n) is 14.1.